The number of carboxylic acids is 2. The van der Waals surface area contributed by atoms with Crippen LogP contribution in [0, 0.1) is 0 Å². The number of nitrogens with one attached hydrogen (secondary N) is 1. The Hall–Kier alpha value is -2.87. The van der Waals surface area contributed by atoms with Crippen molar-refractivity contribution in [2.45, 2.75) is 4.90 Å². The molecule has 114 valence electrons. The van der Waals surface area contributed by atoms with E-state index < -0.39 is 22.0 Å². The van der Waals surface area contributed by atoms with Crippen LogP contribution < -0.4 is 14.9 Å². The average Bonchev–Trinajstić information content (AvgIpc) is 2.47. The van der Waals surface area contributed by atoms with Gasteiger partial charge in [-0.3, -0.25) is 4.72 Å². The van der Waals surface area contributed by atoms with E-state index in [2.05, 4.69) is 4.72 Å². The average molecular weight is 319 g/mol. The largest absolute Gasteiger partial charge is 0.545 e. The summed E-state index contributed by atoms with van der Waals surface area (Å²) in [4.78, 5) is 21.1. The van der Waals surface area contributed by atoms with Crippen LogP contribution in [-0.4, -0.2) is 20.4 Å². The zero-order chi connectivity index (χ0) is 16.3. The molecule has 0 spiro atoms. The molecule has 0 fully saturated rings. The van der Waals surface area contributed by atoms with E-state index in [4.69, 9.17) is 0 Å². The third kappa shape index (κ3) is 3.41. The predicted octanol–water partition coefficient (Wildman–Crippen LogP) is -0.786. The molecule has 7 nitrogen and oxygen atoms in total. The van der Waals surface area contributed by atoms with Crippen molar-refractivity contribution in [2.24, 2.45) is 0 Å². The van der Waals surface area contributed by atoms with Gasteiger partial charge in [0, 0.05) is 5.69 Å². The molecule has 0 bridgehead atoms. The lowest BCUT2D eigenvalue weighted by atomic mass is 10.2. The number of carboxylic acid groups (broad SMARTS) is 2. The number of carbonyl (C=O) groups excluding carboxylic acids is 2. The molecule has 0 aromatic heterocycles. The normalized spacial score (nSPS) is 10.9. The van der Waals surface area contributed by atoms with E-state index in [1.165, 1.54) is 24.3 Å². The van der Waals surface area contributed by atoms with E-state index in [1.54, 1.807) is 0 Å². The summed E-state index contributed by atoms with van der Waals surface area (Å²) in [7, 11) is -3.92. The van der Waals surface area contributed by atoms with E-state index in [0.717, 1.165) is 24.3 Å². The van der Waals surface area contributed by atoms with Crippen molar-refractivity contribution in [1.82, 2.24) is 0 Å². The van der Waals surface area contributed by atoms with Crippen molar-refractivity contribution >= 4 is 27.6 Å². The van der Waals surface area contributed by atoms with Gasteiger partial charge in [-0.25, -0.2) is 8.42 Å². The second kappa shape index (κ2) is 5.86. The molecule has 2 aromatic carbocycles. The number of aromatic carboxylic acids is 2. The maximum absolute atomic E-state index is 12.1. The van der Waals surface area contributed by atoms with Crippen LogP contribution in [-0.2, 0) is 10.0 Å². The molecule has 0 aliphatic carbocycles. The molecule has 0 atom stereocenters. The molecular weight excluding hydrogens is 310 g/mol. The summed E-state index contributed by atoms with van der Waals surface area (Å²) in [5.41, 5.74) is -0.0625. The Morgan fingerprint density at radius 2 is 1.18 bits per heavy atom. The quantitative estimate of drug-likeness (QED) is 0.770. The molecule has 8 heteroatoms. The maximum Gasteiger partial charge on any atom is 0.261 e. The smallest absolute Gasteiger partial charge is 0.261 e. The summed E-state index contributed by atoms with van der Waals surface area (Å²) in [5, 5.41) is 21.2. The standard InChI is InChI=1S/C14H11NO6S/c16-13(17)9-1-5-11(6-2-9)15-22(20,21)12-7-3-10(4-8-12)14(18)19/h1-8,15H,(H,16,17)(H,18,19)/p-2. The van der Waals surface area contributed by atoms with Crippen LogP contribution >= 0.6 is 0 Å². The van der Waals surface area contributed by atoms with E-state index in [9.17, 15) is 28.2 Å². The van der Waals surface area contributed by atoms with Crippen LogP contribution in [0.25, 0.3) is 0 Å². The number of hydrogen-bond donors (Lipinski definition) is 1. The minimum absolute atomic E-state index is 0.0822. The van der Waals surface area contributed by atoms with Gasteiger partial charge in [0.15, 0.2) is 0 Å². The number of anilines is 1. The van der Waals surface area contributed by atoms with Crippen LogP contribution in [0.4, 0.5) is 5.69 Å². The number of carbonyl (C=O) groups is 2. The predicted molar refractivity (Wildman–Crippen MR) is 72.4 cm³/mol. The van der Waals surface area contributed by atoms with E-state index in [-0.39, 0.29) is 21.7 Å². The van der Waals surface area contributed by atoms with Gasteiger partial charge in [0.05, 0.1) is 16.8 Å². The molecule has 0 aliphatic heterocycles. The highest BCUT2D eigenvalue weighted by Gasteiger charge is 2.14. The van der Waals surface area contributed by atoms with Crippen molar-refractivity contribution in [3.63, 3.8) is 0 Å². The van der Waals surface area contributed by atoms with Gasteiger partial charge in [-0.1, -0.05) is 24.3 Å². The molecular formula is C14H9NO6S-2. The Morgan fingerprint density at radius 3 is 1.59 bits per heavy atom. The highest BCUT2D eigenvalue weighted by molar-refractivity contribution is 7.92. The summed E-state index contributed by atoms with van der Waals surface area (Å²) >= 11 is 0. The third-order valence-electron chi connectivity index (χ3n) is 2.77. The third-order valence-corrected chi connectivity index (χ3v) is 4.17. The minimum Gasteiger partial charge on any atom is -0.545 e. The minimum atomic E-state index is -3.92. The van der Waals surface area contributed by atoms with Gasteiger partial charge in [0.2, 0.25) is 0 Å². The van der Waals surface area contributed by atoms with E-state index in [1.807, 2.05) is 0 Å². The van der Waals surface area contributed by atoms with Crippen LogP contribution in [0.5, 0.6) is 0 Å². The van der Waals surface area contributed by atoms with Crippen LogP contribution in [0.3, 0.4) is 0 Å². The molecule has 0 radical (unpaired) electrons. The fourth-order valence-electron chi connectivity index (χ4n) is 1.66. The van der Waals surface area contributed by atoms with Crippen LogP contribution in [0.2, 0.25) is 0 Å². The molecule has 2 rings (SSSR count). The maximum atomic E-state index is 12.1. The Kier molecular flexibility index (Phi) is 4.13. The van der Waals surface area contributed by atoms with Crippen molar-refractivity contribution in [3.8, 4) is 0 Å². The first kappa shape index (κ1) is 15.5. The fourth-order valence-corrected chi connectivity index (χ4v) is 2.72. The second-order valence-electron chi connectivity index (χ2n) is 4.28. The van der Waals surface area contributed by atoms with Gasteiger partial charge in [-0.15, -0.1) is 0 Å². The van der Waals surface area contributed by atoms with Crippen molar-refractivity contribution in [1.29, 1.82) is 0 Å². The summed E-state index contributed by atoms with van der Waals surface area (Å²) in [6, 6.07) is 9.44. The topological polar surface area (TPSA) is 126 Å². The molecule has 2 aromatic rings. The lowest BCUT2D eigenvalue weighted by molar-refractivity contribution is -0.256. The van der Waals surface area contributed by atoms with Crippen molar-refractivity contribution in [2.75, 3.05) is 4.72 Å². The van der Waals surface area contributed by atoms with Gasteiger partial charge in [-0.2, -0.15) is 0 Å². The Balaban J connectivity index is 2.23. The summed E-state index contributed by atoms with van der Waals surface area (Å²) in [6.45, 7) is 0. The Morgan fingerprint density at radius 1 is 0.773 bits per heavy atom. The zero-order valence-corrected chi connectivity index (χ0v) is 11.8. The molecule has 0 heterocycles. The lowest BCUT2D eigenvalue weighted by Gasteiger charge is -2.10. The Labute approximate surface area is 125 Å². The highest BCUT2D eigenvalue weighted by atomic mass is 32.2. The molecule has 0 amide bonds. The van der Waals surface area contributed by atoms with E-state index >= 15 is 0 Å². The molecule has 0 aliphatic rings. The van der Waals surface area contributed by atoms with Gasteiger partial charge in [0.1, 0.15) is 0 Å². The Bertz CT molecular complexity index is 809. The number of sulfonamides is 1. The number of hydrogen-bond acceptors (Lipinski definition) is 6. The van der Waals surface area contributed by atoms with Crippen LogP contribution in [0.15, 0.2) is 53.4 Å². The number of rotatable bonds is 5. The summed E-state index contributed by atoms with van der Waals surface area (Å²) < 4.78 is 26.4. The molecule has 0 unspecified atom stereocenters. The number of benzene rings is 2. The van der Waals surface area contributed by atoms with Crippen molar-refractivity contribution < 1.29 is 28.2 Å². The van der Waals surface area contributed by atoms with E-state index in [0.29, 0.717) is 0 Å². The molecule has 1 N–H and O–H groups in total. The van der Waals surface area contributed by atoms with Gasteiger partial charge >= 0.3 is 0 Å². The molecule has 0 saturated heterocycles. The lowest BCUT2D eigenvalue weighted by Crippen LogP contribution is -2.22. The van der Waals surface area contributed by atoms with Crippen LogP contribution in [0.1, 0.15) is 20.7 Å². The summed E-state index contributed by atoms with van der Waals surface area (Å²) in [6.07, 6.45) is 0. The first-order valence-electron chi connectivity index (χ1n) is 5.95. The zero-order valence-electron chi connectivity index (χ0n) is 11.0. The summed E-state index contributed by atoms with van der Waals surface area (Å²) in [5.74, 6) is -2.78. The molecule has 0 saturated carbocycles. The monoisotopic (exact) mass is 319 g/mol. The van der Waals surface area contributed by atoms with Gasteiger partial charge in [0.25, 0.3) is 10.0 Å². The van der Waals surface area contributed by atoms with Gasteiger partial charge in [-0.05, 0) is 35.4 Å². The first-order chi connectivity index (χ1) is 10.3. The van der Waals surface area contributed by atoms with Gasteiger partial charge < -0.3 is 19.8 Å². The highest BCUT2D eigenvalue weighted by Crippen LogP contribution is 2.17. The molecule has 22 heavy (non-hydrogen) atoms. The fraction of sp³-hybridized carbons (Fsp3) is 0. The van der Waals surface area contributed by atoms with Crippen molar-refractivity contribution in [3.05, 3.63) is 59.7 Å². The second-order valence-corrected chi connectivity index (χ2v) is 5.96. The first-order valence-corrected chi connectivity index (χ1v) is 7.43. The SMILES string of the molecule is O=C([O-])c1ccc(NS(=O)(=O)c2ccc(C(=O)[O-])cc2)cc1.